The summed E-state index contributed by atoms with van der Waals surface area (Å²) in [4.78, 5) is 0. The van der Waals surface area contributed by atoms with Crippen LogP contribution in [0.2, 0.25) is 0 Å². The van der Waals surface area contributed by atoms with E-state index in [9.17, 15) is 0 Å². The quantitative estimate of drug-likeness (QED) is 0.488. The van der Waals surface area contributed by atoms with Crippen molar-refractivity contribution >= 4 is 0 Å². The van der Waals surface area contributed by atoms with E-state index in [-0.39, 0.29) is 0 Å². The second-order valence-electron chi connectivity index (χ2n) is 1.93. The Labute approximate surface area is 56.9 Å². The van der Waals surface area contributed by atoms with Crippen molar-refractivity contribution in [3.05, 3.63) is 13.2 Å². The molecule has 2 heteroatoms. The molecule has 0 radical (unpaired) electrons. The first-order chi connectivity index (χ1) is 4.39. The molecule has 0 saturated carbocycles. The van der Waals surface area contributed by atoms with Gasteiger partial charge in [0.05, 0.1) is 13.2 Å². The Morgan fingerprint density at radius 1 is 1.56 bits per heavy atom. The van der Waals surface area contributed by atoms with E-state index >= 15 is 0 Å². The summed E-state index contributed by atoms with van der Waals surface area (Å²) >= 11 is 0. The van der Waals surface area contributed by atoms with E-state index in [0.29, 0.717) is 6.04 Å². The first kappa shape index (κ1) is 8.66. The summed E-state index contributed by atoms with van der Waals surface area (Å²) in [5.74, 6) is 0. The van der Waals surface area contributed by atoms with E-state index in [0.717, 1.165) is 19.8 Å². The summed E-state index contributed by atoms with van der Waals surface area (Å²) < 4.78 is 5.12. The van der Waals surface area contributed by atoms with E-state index < -0.39 is 0 Å². The Hall–Kier alpha value is -0.340. The van der Waals surface area contributed by atoms with Gasteiger partial charge in [0.25, 0.3) is 0 Å². The van der Waals surface area contributed by atoms with Crippen molar-refractivity contribution in [2.24, 2.45) is 0 Å². The van der Waals surface area contributed by atoms with Crippen molar-refractivity contribution in [3.63, 3.8) is 0 Å². The second-order valence-corrected chi connectivity index (χ2v) is 1.93. The molecule has 0 aromatic heterocycles. The lowest BCUT2D eigenvalue weighted by Crippen LogP contribution is -2.38. The molecule has 1 heterocycles. The third-order valence-electron chi connectivity index (χ3n) is 1.11. The van der Waals surface area contributed by atoms with Gasteiger partial charge in [-0.2, -0.15) is 0 Å². The van der Waals surface area contributed by atoms with Crippen LogP contribution in [0.25, 0.3) is 0 Å². The minimum atomic E-state index is 0.564. The van der Waals surface area contributed by atoms with Gasteiger partial charge in [0.1, 0.15) is 0 Å². The van der Waals surface area contributed by atoms with E-state index in [4.69, 9.17) is 4.74 Å². The van der Waals surface area contributed by atoms with Crippen molar-refractivity contribution in [2.45, 2.75) is 13.0 Å². The summed E-state index contributed by atoms with van der Waals surface area (Å²) in [5.41, 5.74) is 0. The van der Waals surface area contributed by atoms with Gasteiger partial charge in [-0.1, -0.05) is 0 Å². The molecule has 1 aliphatic heterocycles. The molecule has 1 atom stereocenters. The average molecular weight is 129 g/mol. The van der Waals surface area contributed by atoms with Gasteiger partial charge in [-0.15, -0.1) is 13.2 Å². The first-order valence-electron chi connectivity index (χ1n) is 3.21. The highest BCUT2D eigenvalue weighted by Gasteiger charge is 2.04. The largest absolute Gasteiger partial charge is 0.379 e. The summed E-state index contributed by atoms with van der Waals surface area (Å²) in [6.45, 7) is 10.9. The monoisotopic (exact) mass is 129 g/mol. The molecule has 0 unspecified atom stereocenters. The maximum atomic E-state index is 5.12. The van der Waals surface area contributed by atoms with E-state index in [1.54, 1.807) is 0 Å². The van der Waals surface area contributed by atoms with Crippen LogP contribution < -0.4 is 5.32 Å². The highest BCUT2D eigenvalue weighted by atomic mass is 16.5. The molecule has 1 rings (SSSR count). The van der Waals surface area contributed by atoms with Crippen LogP contribution in [-0.4, -0.2) is 25.8 Å². The lowest BCUT2D eigenvalue weighted by molar-refractivity contribution is 0.0824. The van der Waals surface area contributed by atoms with E-state index in [1.165, 1.54) is 0 Å². The van der Waals surface area contributed by atoms with Crippen LogP contribution in [0, 0.1) is 0 Å². The highest BCUT2D eigenvalue weighted by Crippen LogP contribution is 1.88. The zero-order valence-corrected chi connectivity index (χ0v) is 6.02. The summed E-state index contributed by atoms with van der Waals surface area (Å²) in [6.07, 6.45) is 0. The molecule has 0 aliphatic carbocycles. The minimum absolute atomic E-state index is 0.564. The summed E-state index contributed by atoms with van der Waals surface area (Å²) in [7, 11) is 0. The Balaban J connectivity index is 0.000000291. The Morgan fingerprint density at radius 2 is 2.22 bits per heavy atom. The average Bonchev–Trinajstić information content (AvgIpc) is 1.94. The molecule has 1 fully saturated rings. The van der Waals surface area contributed by atoms with Crippen LogP contribution in [0.1, 0.15) is 6.92 Å². The van der Waals surface area contributed by atoms with Gasteiger partial charge >= 0.3 is 0 Å². The Bertz CT molecular complexity index is 59.9. The maximum absolute atomic E-state index is 5.12. The van der Waals surface area contributed by atoms with Crippen molar-refractivity contribution in [3.8, 4) is 0 Å². The smallest absolute Gasteiger partial charge is 0.0617 e. The van der Waals surface area contributed by atoms with Crippen molar-refractivity contribution < 1.29 is 4.74 Å². The zero-order valence-electron chi connectivity index (χ0n) is 6.02. The molecule has 1 aliphatic rings. The van der Waals surface area contributed by atoms with Crippen LogP contribution in [0.4, 0.5) is 0 Å². The number of morpholine rings is 1. The molecular weight excluding hydrogens is 114 g/mol. The third-order valence-corrected chi connectivity index (χ3v) is 1.11. The fraction of sp³-hybridized carbons (Fsp3) is 0.714. The predicted molar refractivity (Wildman–Crippen MR) is 39.5 cm³/mol. The standard InChI is InChI=1S/C5H11NO.C2H4/c1-5-4-7-3-2-6-5;1-2/h5-6H,2-4H2,1H3;1-2H2/t5-;/m1./s1. The molecular formula is C7H15NO. The number of hydrogen-bond donors (Lipinski definition) is 1. The number of hydrogen-bond acceptors (Lipinski definition) is 2. The molecule has 0 aromatic rings. The van der Waals surface area contributed by atoms with E-state index in [2.05, 4.69) is 25.4 Å². The topological polar surface area (TPSA) is 21.3 Å². The molecule has 9 heavy (non-hydrogen) atoms. The SMILES string of the molecule is C=C.C[C@@H]1COCCN1. The zero-order chi connectivity index (χ0) is 7.11. The lowest BCUT2D eigenvalue weighted by Gasteiger charge is -2.19. The van der Waals surface area contributed by atoms with Crippen LogP contribution in [-0.2, 0) is 4.74 Å². The van der Waals surface area contributed by atoms with Crippen LogP contribution >= 0.6 is 0 Å². The Morgan fingerprint density at radius 3 is 2.44 bits per heavy atom. The molecule has 0 aromatic carbocycles. The summed E-state index contributed by atoms with van der Waals surface area (Å²) in [5, 5.41) is 3.26. The van der Waals surface area contributed by atoms with Gasteiger partial charge in [0, 0.05) is 12.6 Å². The van der Waals surface area contributed by atoms with Gasteiger partial charge in [0.2, 0.25) is 0 Å². The molecule has 1 saturated heterocycles. The fourth-order valence-corrected chi connectivity index (χ4v) is 0.697. The van der Waals surface area contributed by atoms with E-state index in [1.807, 2.05) is 0 Å². The molecule has 0 amide bonds. The molecule has 1 N–H and O–H groups in total. The van der Waals surface area contributed by atoms with Crippen molar-refractivity contribution in [1.29, 1.82) is 0 Å². The Kier molecular flexibility index (Phi) is 5.57. The molecule has 0 spiro atoms. The molecule has 0 bridgehead atoms. The van der Waals surface area contributed by atoms with Crippen molar-refractivity contribution in [1.82, 2.24) is 5.32 Å². The second kappa shape index (κ2) is 5.79. The number of ether oxygens (including phenoxy) is 1. The van der Waals surface area contributed by atoms with Gasteiger partial charge < -0.3 is 10.1 Å². The van der Waals surface area contributed by atoms with Crippen LogP contribution in [0.15, 0.2) is 13.2 Å². The molecule has 54 valence electrons. The van der Waals surface area contributed by atoms with Gasteiger partial charge in [-0.3, -0.25) is 0 Å². The highest BCUT2D eigenvalue weighted by molar-refractivity contribution is 4.62. The molecule has 2 nitrogen and oxygen atoms in total. The normalized spacial score (nSPS) is 26.1. The van der Waals surface area contributed by atoms with Gasteiger partial charge in [0.15, 0.2) is 0 Å². The number of nitrogens with one attached hydrogen (secondary N) is 1. The lowest BCUT2D eigenvalue weighted by atomic mass is 10.3. The van der Waals surface area contributed by atoms with Gasteiger partial charge in [-0.05, 0) is 6.92 Å². The van der Waals surface area contributed by atoms with Gasteiger partial charge in [-0.25, -0.2) is 0 Å². The summed E-state index contributed by atoms with van der Waals surface area (Å²) in [6, 6.07) is 0.564. The minimum Gasteiger partial charge on any atom is -0.379 e. The first-order valence-corrected chi connectivity index (χ1v) is 3.21. The predicted octanol–water partition coefficient (Wildman–Crippen LogP) is 0.797. The van der Waals surface area contributed by atoms with Crippen LogP contribution in [0.3, 0.4) is 0 Å². The number of rotatable bonds is 0. The third kappa shape index (κ3) is 4.18. The van der Waals surface area contributed by atoms with Crippen molar-refractivity contribution in [2.75, 3.05) is 19.8 Å². The van der Waals surface area contributed by atoms with Crippen LogP contribution in [0.5, 0.6) is 0 Å². The maximum Gasteiger partial charge on any atom is 0.0617 e. The fourth-order valence-electron chi connectivity index (χ4n) is 0.697.